The molecule has 1 aliphatic heterocycles. The maximum atomic E-state index is 12.9. The van der Waals surface area contributed by atoms with Crippen LogP contribution in [0.25, 0.3) is 0 Å². The normalized spacial score (nSPS) is 20.8. The third-order valence-corrected chi connectivity index (χ3v) is 4.66. The summed E-state index contributed by atoms with van der Waals surface area (Å²) in [6, 6.07) is 6.03. The van der Waals surface area contributed by atoms with Crippen molar-refractivity contribution in [2.24, 2.45) is 11.8 Å². The molecule has 2 unspecified atom stereocenters. The second kappa shape index (κ2) is 9.11. The van der Waals surface area contributed by atoms with Crippen molar-refractivity contribution in [2.45, 2.75) is 6.42 Å². The van der Waals surface area contributed by atoms with Crippen molar-refractivity contribution in [3.05, 3.63) is 35.6 Å². The van der Waals surface area contributed by atoms with Crippen LogP contribution in [-0.4, -0.2) is 74.4 Å². The van der Waals surface area contributed by atoms with Gasteiger partial charge in [0.15, 0.2) is 0 Å². The number of hydrogen-bond donors (Lipinski definition) is 1. The summed E-state index contributed by atoms with van der Waals surface area (Å²) in [4.78, 5) is 16.5. The van der Waals surface area contributed by atoms with Crippen molar-refractivity contribution in [1.82, 2.24) is 9.80 Å². The quantitative estimate of drug-likeness (QED) is 0.769. The zero-order chi connectivity index (χ0) is 17.5. The van der Waals surface area contributed by atoms with Crippen LogP contribution in [0.15, 0.2) is 24.3 Å². The molecule has 0 aromatic heterocycles. The number of benzene rings is 1. The molecular formula is C18H27FN2O3. The van der Waals surface area contributed by atoms with E-state index in [9.17, 15) is 14.3 Å². The molecule has 0 saturated carbocycles. The van der Waals surface area contributed by atoms with Gasteiger partial charge in [0, 0.05) is 45.8 Å². The first kappa shape index (κ1) is 18.8. The predicted octanol–water partition coefficient (Wildman–Crippen LogP) is 1.01. The minimum Gasteiger partial charge on any atom is -0.396 e. The molecule has 0 bridgehead atoms. The van der Waals surface area contributed by atoms with Crippen LogP contribution >= 0.6 is 0 Å². The number of methoxy groups -OCH3 is 1. The van der Waals surface area contributed by atoms with E-state index in [0.717, 1.165) is 18.7 Å². The van der Waals surface area contributed by atoms with Gasteiger partial charge in [0.25, 0.3) is 0 Å². The average Bonchev–Trinajstić information content (AvgIpc) is 2.98. The summed E-state index contributed by atoms with van der Waals surface area (Å²) in [6.45, 7) is 3.65. The number of aliphatic hydroxyl groups excluding tert-OH is 1. The molecule has 1 amide bonds. The average molecular weight is 338 g/mol. The van der Waals surface area contributed by atoms with Gasteiger partial charge in [0.05, 0.1) is 13.0 Å². The Kier molecular flexibility index (Phi) is 7.15. The zero-order valence-corrected chi connectivity index (χ0v) is 14.4. The third kappa shape index (κ3) is 5.26. The highest BCUT2D eigenvalue weighted by atomic mass is 19.1. The molecule has 1 N–H and O–H groups in total. The SMILES string of the molecule is COCCN(C)CC1CN(C(=O)Cc2ccc(F)cc2)CC1CO. The molecule has 2 rings (SSSR count). The highest BCUT2D eigenvalue weighted by molar-refractivity contribution is 5.79. The molecule has 1 aliphatic rings. The molecule has 1 fully saturated rings. The van der Waals surface area contributed by atoms with Gasteiger partial charge in [-0.15, -0.1) is 0 Å². The van der Waals surface area contributed by atoms with Crippen LogP contribution in [0.2, 0.25) is 0 Å². The summed E-state index contributed by atoms with van der Waals surface area (Å²) in [5.74, 6) is 0.0927. The van der Waals surface area contributed by atoms with E-state index in [1.54, 1.807) is 19.2 Å². The Hall–Kier alpha value is -1.50. The molecule has 2 atom stereocenters. The topological polar surface area (TPSA) is 53.0 Å². The standard InChI is InChI=1S/C18H27FN2O3/c1-20(7-8-24-2)10-15-11-21(12-16(15)13-22)18(23)9-14-3-5-17(19)6-4-14/h3-6,15-16,22H,7-13H2,1-2H3. The van der Waals surface area contributed by atoms with Crippen LogP contribution in [0.4, 0.5) is 4.39 Å². The molecule has 6 heteroatoms. The zero-order valence-electron chi connectivity index (χ0n) is 14.4. The van der Waals surface area contributed by atoms with Crippen molar-refractivity contribution in [3.63, 3.8) is 0 Å². The van der Waals surface area contributed by atoms with E-state index < -0.39 is 0 Å². The van der Waals surface area contributed by atoms with Crippen LogP contribution in [-0.2, 0) is 16.0 Å². The molecule has 24 heavy (non-hydrogen) atoms. The minimum atomic E-state index is -0.299. The fourth-order valence-electron chi connectivity index (χ4n) is 3.18. The van der Waals surface area contributed by atoms with Crippen molar-refractivity contribution in [1.29, 1.82) is 0 Å². The van der Waals surface area contributed by atoms with Crippen LogP contribution in [0, 0.1) is 17.7 Å². The Morgan fingerprint density at radius 2 is 2.00 bits per heavy atom. The minimum absolute atomic E-state index is 0.0297. The lowest BCUT2D eigenvalue weighted by Gasteiger charge is -2.23. The summed E-state index contributed by atoms with van der Waals surface area (Å²) in [7, 11) is 3.70. The first-order valence-electron chi connectivity index (χ1n) is 8.34. The van der Waals surface area contributed by atoms with E-state index in [1.807, 2.05) is 11.9 Å². The number of aliphatic hydroxyl groups is 1. The summed E-state index contributed by atoms with van der Waals surface area (Å²) >= 11 is 0. The lowest BCUT2D eigenvalue weighted by molar-refractivity contribution is -0.129. The van der Waals surface area contributed by atoms with E-state index >= 15 is 0 Å². The number of likely N-dealkylation sites (tertiary alicyclic amines) is 1. The number of ether oxygens (including phenoxy) is 1. The number of nitrogens with zero attached hydrogens (tertiary/aromatic N) is 2. The van der Waals surface area contributed by atoms with Gasteiger partial charge in [-0.3, -0.25) is 4.79 Å². The number of amides is 1. The molecular weight excluding hydrogens is 311 g/mol. The number of carbonyl (C=O) groups excluding carboxylic acids is 1. The molecule has 0 radical (unpaired) electrons. The van der Waals surface area contributed by atoms with Crippen LogP contribution < -0.4 is 0 Å². The Balaban J connectivity index is 1.89. The highest BCUT2D eigenvalue weighted by Crippen LogP contribution is 2.24. The van der Waals surface area contributed by atoms with E-state index in [2.05, 4.69) is 4.90 Å². The fraction of sp³-hybridized carbons (Fsp3) is 0.611. The second-order valence-corrected chi connectivity index (χ2v) is 6.56. The highest BCUT2D eigenvalue weighted by Gasteiger charge is 2.35. The Morgan fingerprint density at radius 3 is 2.62 bits per heavy atom. The van der Waals surface area contributed by atoms with Crippen LogP contribution in [0.3, 0.4) is 0 Å². The van der Waals surface area contributed by atoms with Gasteiger partial charge in [0.2, 0.25) is 5.91 Å². The predicted molar refractivity (Wildman–Crippen MR) is 90.1 cm³/mol. The first-order chi connectivity index (χ1) is 11.5. The molecule has 0 spiro atoms. The number of halogens is 1. The van der Waals surface area contributed by atoms with Gasteiger partial charge in [-0.2, -0.15) is 0 Å². The van der Waals surface area contributed by atoms with E-state index in [0.29, 0.717) is 19.7 Å². The van der Waals surface area contributed by atoms with Gasteiger partial charge < -0.3 is 19.6 Å². The summed E-state index contributed by atoms with van der Waals surface area (Å²) in [5, 5.41) is 9.62. The Bertz CT molecular complexity index is 524. The van der Waals surface area contributed by atoms with Gasteiger partial charge in [-0.1, -0.05) is 12.1 Å². The smallest absolute Gasteiger partial charge is 0.227 e. The number of carbonyl (C=O) groups is 1. The largest absolute Gasteiger partial charge is 0.396 e. The van der Waals surface area contributed by atoms with Gasteiger partial charge in [-0.05, 0) is 30.7 Å². The number of likely N-dealkylation sites (N-methyl/N-ethyl adjacent to an activating group) is 1. The molecule has 1 aromatic rings. The molecule has 1 heterocycles. The maximum Gasteiger partial charge on any atom is 0.227 e. The number of hydrogen-bond acceptors (Lipinski definition) is 4. The first-order valence-corrected chi connectivity index (χ1v) is 8.34. The van der Waals surface area contributed by atoms with Gasteiger partial charge >= 0.3 is 0 Å². The lowest BCUT2D eigenvalue weighted by atomic mass is 9.96. The second-order valence-electron chi connectivity index (χ2n) is 6.56. The molecule has 1 aromatic carbocycles. The lowest BCUT2D eigenvalue weighted by Crippen LogP contribution is -2.34. The van der Waals surface area contributed by atoms with Crippen molar-refractivity contribution < 1.29 is 19.0 Å². The van der Waals surface area contributed by atoms with Gasteiger partial charge in [-0.25, -0.2) is 4.39 Å². The number of rotatable bonds is 8. The van der Waals surface area contributed by atoms with E-state index in [-0.39, 0.29) is 36.6 Å². The Morgan fingerprint density at radius 1 is 1.33 bits per heavy atom. The van der Waals surface area contributed by atoms with Crippen molar-refractivity contribution >= 4 is 5.91 Å². The van der Waals surface area contributed by atoms with Crippen molar-refractivity contribution in [2.75, 3.05) is 53.6 Å². The fourth-order valence-corrected chi connectivity index (χ4v) is 3.18. The van der Waals surface area contributed by atoms with Gasteiger partial charge in [0.1, 0.15) is 5.82 Å². The molecule has 5 nitrogen and oxygen atoms in total. The van der Waals surface area contributed by atoms with Crippen molar-refractivity contribution in [3.8, 4) is 0 Å². The molecule has 1 saturated heterocycles. The van der Waals surface area contributed by atoms with Crippen LogP contribution in [0.5, 0.6) is 0 Å². The monoisotopic (exact) mass is 338 g/mol. The molecule has 0 aliphatic carbocycles. The summed E-state index contributed by atoms with van der Waals surface area (Å²) in [5.41, 5.74) is 0.808. The maximum absolute atomic E-state index is 12.9. The summed E-state index contributed by atoms with van der Waals surface area (Å²) in [6.07, 6.45) is 0.269. The molecule has 134 valence electrons. The Labute approximate surface area is 143 Å². The van der Waals surface area contributed by atoms with E-state index in [4.69, 9.17) is 4.74 Å². The van der Waals surface area contributed by atoms with Crippen LogP contribution in [0.1, 0.15) is 5.56 Å². The summed E-state index contributed by atoms with van der Waals surface area (Å²) < 4.78 is 18.0. The van der Waals surface area contributed by atoms with E-state index in [1.165, 1.54) is 12.1 Å². The third-order valence-electron chi connectivity index (χ3n) is 4.66.